The van der Waals surface area contributed by atoms with Gasteiger partial charge in [-0.25, -0.2) is 4.79 Å². The van der Waals surface area contributed by atoms with Gasteiger partial charge in [0, 0.05) is 6.08 Å². The molecule has 0 aliphatic carbocycles. The zero-order valence-electron chi connectivity index (χ0n) is 8.45. The van der Waals surface area contributed by atoms with Crippen LogP contribution in [-0.2, 0) is 9.53 Å². The minimum absolute atomic E-state index is 0.351. The van der Waals surface area contributed by atoms with Gasteiger partial charge in [0.2, 0.25) is 0 Å². The molecule has 0 spiro atoms. The Hall–Kier alpha value is -1.85. The molecule has 5 heteroatoms. The summed E-state index contributed by atoms with van der Waals surface area (Å²) in [6.07, 6.45) is -2.53. The van der Waals surface area contributed by atoms with E-state index in [0.29, 0.717) is 5.75 Å². The van der Waals surface area contributed by atoms with Crippen LogP contribution in [0.15, 0.2) is 43.0 Å². The van der Waals surface area contributed by atoms with Crippen molar-refractivity contribution in [3.8, 4) is 5.75 Å². The van der Waals surface area contributed by atoms with Crippen LogP contribution in [0.1, 0.15) is 0 Å². The summed E-state index contributed by atoms with van der Waals surface area (Å²) in [4.78, 5) is 10.7. The van der Waals surface area contributed by atoms with E-state index < -0.39 is 18.5 Å². The maximum absolute atomic E-state index is 10.7. The van der Waals surface area contributed by atoms with Crippen LogP contribution in [0.3, 0.4) is 0 Å². The van der Waals surface area contributed by atoms with Crippen molar-refractivity contribution in [1.82, 2.24) is 0 Å². The van der Waals surface area contributed by atoms with Crippen molar-refractivity contribution >= 4 is 5.97 Å². The van der Waals surface area contributed by atoms with Crippen molar-refractivity contribution < 1.29 is 24.5 Å². The van der Waals surface area contributed by atoms with E-state index in [1.807, 2.05) is 0 Å². The fourth-order valence-corrected chi connectivity index (χ4v) is 0.922. The van der Waals surface area contributed by atoms with Gasteiger partial charge in [0.05, 0.1) is 0 Å². The van der Waals surface area contributed by atoms with Crippen molar-refractivity contribution in [2.75, 3.05) is 0 Å². The second-order valence-electron chi connectivity index (χ2n) is 2.85. The van der Waals surface area contributed by atoms with Crippen molar-refractivity contribution in [2.45, 2.75) is 12.6 Å². The summed E-state index contributed by atoms with van der Waals surface area (Å²) in [5.41, 5.74) is 0. The van der Waals surface area contributed by atoms with E-state index >= 15 is 0 Å². The third-order valence-electron chi connectivity index (χ3n) is 1.65. The van der Waals surface area contributed by atoms with E-state index in [9.17, 15) is 15.0 Å². The van der Waals surface area contributed by atoms with E-state index in [1.165, 1.54) is 0 Å². The molecule has 5 nitrogen and oxygen atoms in total. The molecule has 0 aromatic heterocycles. The quantitative estimate of drug-likeness (QED) is 0.431. The smallest absolute Gasteiger partial charge is 0.332 e. The first-order chi connectivity index (χ1) is 7.63. The highest BCUT2D eigenvalue weighted by Crippen LogP contribution is 2.11. The average Bonchev–Trinajstić information content (AvgIpc) is 2.30. The molecule has 0 aliphatic heterocycles. The van der Waals surface area contributed by atoms with Crippen LogP contribution in [-0.4, -0.2) is 28.8 Å². The van der Waals surface area contributed by atoms with Gasteiger partial charge in [-0.05, 0) is 12.1 Å². The summed E-state index contributed by atoms with van der Waals surface area (Å²) < 4.78 is 9.27. The van der Waals surface area contributed by atoms with Crippen molar-refractivity contribution in [2.24, 2.45) is 0 Å². The molecule has 0 fully saturated rings. The SMILES string of the molecule is C=CC(=O)OC(O)C(O)Oc1ccccc1. The van der Waals surface area contributed by atoms with Gasteiger partial charge in [0.15, 0.2) is 0 Å². The summed E-state index contributed by atoms with van der Waals surface area (Å²) in [6, 6.07) is 8.35. The van der Waals surface area contributed by atoms with Gasteiger partial charge in [0.25, 0.3) is 12.6 Å². The lowest BCUT2D eigenvalue weighted by Crippen LogP contribution is -2.35. The fraction of sp³-hybridized carbons (Fsp3) is 0.182. The second-order valence-corrected chi connectivity index (χ2v) is 2.85. The maximum atomic E-state index is 10.7. The highest BCUT2D eigenvalue weighted by molar-refractivity contribution is 5.81. The molecule has 2 unspecified atom stereocenters. The number of benzene rings is 1. The Morgan fingerprint density at radius 2 is 1.88 bits per heavy atom. The van der Waals surface area contributed by atoms with Gasteiger partial charge in [-0.3, -0.25) is 0 Å². The van der Waals surface area contributed by atoms with Crippen LogP contribution in [0, 0.1) is 0 Å². The number of para-hydroxylation sites is 1. The molecule has 0 saturated carbocycles. The third kappa shape index (κ3) is 3.72. The number of hydrogen-bond acceptors (Lipinski definition) is 5. The fourth-order valence-electron chi connectivity index (χ4n) is 0.922. The number of carbonyl (C=O) groups excluding carboxylic acids is 1. The van der Waals surface area contributed by atoms with E-state index in [-0.39, 0.29) is 0 Å². The second kappa shape index (κ2) is 5.89. The predicted octanol–water partition coefficient (Wildman–Crippen LogP) is 0.431. The number of carbonyl (C=O) groups is 1. The first kappa shape index (κ1) is 12.2. The first-order valence-corrected chi connectivity index (χ1v) is 4.54. The average molecular weight is 224 g/mol. The standard InChI is InChI=1S/C11H12O5/c1-2-9(12)16-11(14)10(13)15-8-6-4-3-5-7-8/h2-7,10-11,13-14H,1H2. The molecule has 1 aromatic carbocycles. The Bertz CT molecular complexity index is 349. The van der Waals surface area contributed by atoms with E-state index in [1.54, 1.807) is 30.3 Å². The largest absolute Gasteiger partial charge is 0.458 e. The van der Waals surface area contributed by atoms with Crippen LogP contribution >= 0.6 is 0 Å². The molecule has 2 N–H and O–H groups in total. The Morgan fingerprint density at radius 1 is 1.25 bits per heavy atom. The summed E-state index contributed by atoms with van der Waals surface area (Å²) in [5.74, 6) is -0.494. The van der Waals surface area contributed by atoms with E-state index in [4.69, 9.17) is 4.74 Å². The van der Waals surface area contributed by atoms with Gasteiger partial charge in [-0.2, -0.15) is 0 Å². The lowest BCUT2D eigenvalue weighted by Gasteiger charge is -2.18. The van der Waals surface area contributed by atoms with Gasteiger partial charge >= 0.3 is 5.97 Å². The van der Waals surface area contributed by atoms with Crippen LogP contribution in [0.25, 0.3) is 0 Å². The lowest BCUT2D eigenvalue weighted by atomic mass is 10.3. The highest BCUT2D eigenvalue weighted by atomic mass is 16.7. The molecule has 0 amide bonds. The molecule has 1 aromatic rings. The van der Waals surface area contributed by atoms with Crippen LogP contribution in [0.4, 0.5) is 0 Å². The van der Waals surface area contributed by atoms with Crippen LogP contribution in [0.5, 0.6) is 5.75 Å². The van der Waals surface area contributed by atoms with E-state index in [0.717, 1.165) is 6.08 Å². The van der Waals surface area contributed by atoms with Gasteiger partial charge in [-0.1, -0.05) is 24.8 Å². The molecule has 86 valence electrons. The molecule has 0 radical (unpaired) electrons. The first-order valence-electron chi connectivity index (χ1n) is 4.54. The van der Waals surface area contributed by atoms with Gasteiger partial charge in [0.1, 0.15) is 5.75 Å². The number of aliphatic hydroxyl groups excluding tert-OH is 2. The normalized spacial score (nSPS) is 13.6. The Kier molecular flexibility index (Phi) is 4.50. The molecule has 0 saturated heterocycles. The third-order valence-corrected chi connectivity index (χ3v) is 1.65. The van der Waals surface area contributed by atoms with E-state index in [2.05, 4.69) is 11.3 Å². The molecule has 0 bridgehead atoms. The van der Waals surface area contributed by atoms with Gasteiger partial charge in [-0.15, -0.1) is 0 Å². The van der Waals surface area contributed by atoms with Crippen molar-refractivity contribution in [3.63, 3.8) is 0 Å². The van der Waals surface area contributed by atoms with Gasteiger partial charge < -0.3 is 19.7 Å². The molecule has 1 rings (SSSR count). The van der Waals surface area contributed by atoms with Crippen LogP contribution in [0.2, 0.25) is 0 Å². The molecular formula is C11H12O5. The summed E-state index contributed by atoms with van der Waals surface area (Å²) in [7, 11) is 0. The summed E-state index contributed by atoms with van der Waals surface area (Å²) in [6.45, 7) is 3.15. The number of hydrogen-bond donors (Lipinski definition) is 2. The Balaban J connectivity index is 2.49. The van der Waals surface area contributed by atoms with Crippen molar-refractivity contribution in [3.05, 3.63) is 43.0 Å². The maximum Gasteiger partial charge on any atom is 0.332 e. The topological polar surface area (TPSA) is 76.0 Å². The number of ether oxygens (including phenoxy) is 2. The zero-order chi connectivity index (χ0) is 12.0. The molecular weight excluding hydrogens is 212 g/mol. The number of aliphatic hydroxyl groups is 2. The van der Waals surface area contributed by atoms with Crippen LogP contribution < -0.4 is 4.74 Å². The molecule has 2 atom stereocenters. The molecule has 16 heavy (non-hydrogen) atoms. The monoisotopic (exact) mass is 224 g/mol. The minimum Gasteiger partial charge on any atom is -0.458 e. The lowest BCUT2D eigenvalue weighted by molar-refractivity contribution is -0.217. The highest BCUT2D eigenvalue weighted by Gasteiger charge is 2.21. The molecule has 0 heterocycles. The summed E-state index contributed by atoms with van der Waals surface area (Å²) in [5, 5.41) is 18.5. The Morgan fingerprint density at radius 3 is 2.44 bits per heavy atom. The van der Waals surface area contributed by atoms with Crippen molar-refractivity contribution in [1.29, 1.82) is 0 Å². The number of rotatable bonds is 5. The zero-order valence-corrected chi connectivity index (χ0v) is 8.45. The molecule has 0 aliphatic rings. The number of esters is 1. The summed E-state index contributed by atoms with van der Waals surface area (Å²) >= 11 is 0. The predicted molar refractivity (Wildman–Crippen MR) is 55.4 cm³/mol. The minimum atomic E-state index is -1.76. The Labute approximate surface area is 92.5 Å².